The van der Waals surface area contributed by atoms with Crippen molar-refractivity contribution >= 4 is 0 Å². The first-order valence-corrected chi connectivity index (χ1v) is 8.17. The maximum atomic E-state index is 6.25. The SMILES string of the molecule is CCCCC1CCC2(CC1)OCC(CN(C)CC)O2. The molecular weight excluding hydrogens is 238 g/mol. The molecule has 2 fully saturated rings. The molecule has 0 radical (unpaired) electrons. The third-order valence-corrected chi connectivity index (χ3v) is 4.80. The van der Waals surface area contributed by atoms with Crippen LogP contribution in [-0.4, -0.2) is 43.5 Å². The summed E-state index contributed by atoms with van der Waals surface area (Å²) >= 11 is 0. The van der Waals surface area contributed by atoms with Crippen molar-refractivity contribution in [1.82, 2.24) is 4.90 Å². The summed E-state index contributed by atoms with van der Waals surface area (Å²) in [5.74, 6) is 0.692. The highest BCUT2D eigenvalue weighted by Crippen LogP contribution is 2.41. The van der Waals surface area contributed by atoms with Gasteiger partial charge in [-0.3, -0.25) is 0 Å². The highest BCUT2D eigenvalue weighted by molar-refractivity contribution is 4.86. The number of rotatable bonds is 6. The lowest BCUT2D eigenvalue weighted by atomic mass is 9.82. The van der Waals surface area contributed by atoms with Crippen LogP contribution in [0.2, 0.25) is 0 Å². The molecule has 1 atom stereocenters. The fourth-order valence-corrected chi connectivity index (χ4v) is 3.34. The first kappa shape index (κ1) is 15.3. The maximum absolute atomic E-state index is 6.25. The standard InChI is InChI=1S/C16H31NO2/c1-4-6-7-14-8-10-16(11-9-14)18-13-15(19-16)12-17(3)5-2/h14-15H,4-13H2,1-3H3. The Hall–Kier alpha value is -0.120. The normalized spacial score (nSPS) is 35.4. The molecule has 2 rings (SSSR count). The van der Waals surface area contributed by atoms with Crippen LogP contribution in [0.1, 0.15) is 58.8 Å². The van der Waals surface area contributed by atoms with E-state index in [1.807, 2.05) is 0 Å². The molecule has 0 aromatic rings. The van der Waals surface area contributed by atoms with Gasteiger partial charge in [-0.1, -0.05) is 33.1 Å². The first-order chi connectivity index (χ1) is 9.17. The summed E-state index contributed by atoms with van der Waals surface area (Å²) in [6.45, 7) is 7.32. The van der Waals surface area contributed by atoms with Crippen LogP contribution in [0, 0.1) is 5.92 Å². The maximum Gasteiger partial charge on any atom is 0.168 e. The van der Waals surface area contributed by atoms with E-state index >= 15 is 0 Å². The van der Waals surface area contributed by atoms with Gasteiger partial charge in [-0.15, -0.1) is 0 Å². The van der Waals surface area contributed by atoms with E-state index in [2.05, 4.69) is 25.8 Å². The Labute approximate surface area is 118 Å². The van der Waals surface area contributed by atoms with E-state index in [1.54, 1.807) is 0 Å². The van der Waals surface area contributed by atoms with E-state index in [0.29, 0.717) is 0 Å². The molecule has 3 nitrogen and oxygen atoms in total. The van der Waals surface area contributed by atoms with E-state index in [1.165, 1.54) is 32.1 Å². The van der Waals surface area contributed by atoms with E-state index in [4.69, 9.17) is 9.47 Å². The van der Waals surface area contributed by atoms with Crippen molar-refractivity contribution in [3.8, 4) is 0 Å². The van der Waals surface area contributed by atoms with Gasteiger partial charge in [-0.05, 0) is 32.4 Å². The van der Waals surface area contributed by atoms with Crippen LogP contribution < -0.4 is 0 Å². The molecule has 1 aliphatic carbocycles. The van der Waals surface area contributed by atoms with E-state index in [0.717, 1.165) is 38.5 Å². The largest absolute Gasteiger partial charge is 0.347 e. The van der Waals surface area contributed by atoms with Crippen LogP contribution >= 0.6 is 0 Å². The second kappa shape index (κ2) is 7.05. The smallest absolute Gasteiger partial charge is 0.168 e. The van der Waals surface area contributed by atoms with Crippen LogP contribution in [-0.2, 0) is 9.47 Å². The van der Waals surface area contributed by atoms with Crippen molar-refractivity contribution in [2.75, 3.05) is 26.7 Å². The molecule has 2 aliphatic rings. The number of nitrogens with zero attached hydrogens (tertiary/aromatic N) is 1. The lowest BCUT2D eigenvalue weighted by molar-refractivity contribution is -0.193. The molecular formula is C16H31NO2. The van der Waals surface area contributed by atoms with Crippen LogP contribution in [0.15, 0.2) is 0 Å². The minimum atomic E-state index is -0.220. The average Bonchev–Trinajstić information content (AvgIpc) is 2.81. The van der Waals surface area contributed by atoms with Gasteiger partial charge in [0.2, 0.25) is 0 Å². The summed E-state index contributed by atoms with van der Waals surface area (Å²) in [5.41, 5.74) is 0. The molecule has 0 aromatic heterocycles. The lowest BCUT2D eigenvalue weighted by Crippen LogP contribution is -2.37. The third-order valence-electron chi connectivity index (χ3n) is 4.80. The third kappa shape index (κ3) is 4.17. The Bertz CT molecular complexity index is 261. The van der Waals surface area contributed by atoms with Crippen molar-refractivity contribution < 1.29 is 9.47 Å². The molecule has 0 amide bonds. The predicted octanol–water partition coefficient (Wildman–Crippen LogP) is 3.43. The molecule has 1 heterocycles. The molecule has 1 unspecified atom stereocenters. The fourth-order valence-electron chi connectivity index (χ4n) is 3.34. The first-order valence-electron chi connectivity index (χ1n) is 8.17. The lowest BCUT2D eigenvalue weighted by Gasteiger charge is -2.36. The summed E-state index contributed by atoms with van der Waals surface area (Å²) in [5, 5.41) is 0. The molecule has 1 saturated carbocycles. The average molecular weight is 269 g/mol. The molecule has 112 valence electrons. The number of unbranched alkanes of at least 4 members (excludes halogenated alkanes) is 1. The van der Waals surface area contributed by atoms with Crippen LogP contribution in [0.3, 0.4) is 0 Å². The summed E-state index contributed by atoms with van der Waals surface area (Å²) < 4.78 is 12.3. The number of ether oxygens (including phenoxy) is 2. The van der Waals surface area contributed by atoms with Crippen molar-refractivity contribution in [3.63, 3.8) is 0 Å². The summed E-state index contributed by atoms with van der Waals surface area (Å²) in [7, 11) is 2.15. The van der Waals surface area contributed by atoms with Crippen LogP contribution in [0.4, 0.5) is 0 Å². The molecule has 3 heteroatoms. The molecule has 19 heavy (non-hydrogen) atoms. The van der Waals surface area contributed by atoms with Crippen molar-refractivity contribution in [3.05, 3.63) is 0 Å². The Morgan fingerprint density at radius 3 is 2.58 bits per heavy atom. The van der Waals surface area contributed by atoms with Gasteiger partial charge in [0.25, 0.3) is 0 Å². The van der Waals surface area contributed by atoms with Gasteiger partial charge in [0, 0.05) is 19.4 Å². The number of hydrogen-bond acceptors (Lipinski definition) is 3. The van der Waals surface area contributed by atoms with Gasteiger partial charge in [0.05, 0.1) is 12.7 Å². The second-order valence-electron chi connectivity index (χ2n) is 6.40. The van der Waals surface area contributed by atoms with Crippen molar-refractivity contribution in [1.29, 1.82) is 0 Å². The topological polar surface area (TPSA) is 21.7 Å². The van der Waals surface area contributed by atoms with Gasteiger partial charge >= 0.3 is 0 Å². The number of hydrogen-bond donors (Lipinski definition) is 0. The summed E-state index contributed by atoms with van der Waals surface area (Å²) in [6.07, 6.45) is 9.16. The van der Waals surface area contributed by atoms with Gasteiger partial charge in [-0.25, -0.2) is 0 Å². The molecule has 1 aliphatic heterocycles. The van der Waals surface area contributed by atoms with E-state index < -0.39 is 0 Å². The summed E-state index contributed by atoms with van der Waals surface area (Å²) in [6, 6.07) is 0. The van der Waals surface area contributed by atoms with Crippen LogP contribution in [0.5, 0.6) is 0 Å². The van der Waals surface area contributed by atoms with Crippen molar-refractivity contribution in [2.45, 2.75) is 70.7 Å². The molecule has 0 bridgehead atoms. The zero-order chi connectivity index (χ0) is 13.7. The highest BCUT2D eigenvalue weighted by atomic mass is 16.7. The monoisotopic (exact) mass is 269 g/mol. The minimum absolute atomic E-state index is 0.220. The second-order valence-corrected chi connectivity index (χ2v) is 6.40. The molecule has 0 aromatic carbocycles. The zero-order valence-corrected chi connectivity index (χ0v) is 13.0. The molecule has 1 spiro atoms. The summed E-state index contributed by atoms with van der Waals surface area (Å²) in [4.78, 5) is 2.31. The Kier molecular flexibility index (Phi) is 5.67. The van der Waals surface area contributed by atoms with E-state index in [9.17, 15) is 0 Å². The molecule has 1 saturated heterocycles. The van der Waals surface area contributed by atoms with Gasteiger partial charge < -0.3 is 14.4 Å². The fraction of sp³-hybridized carbons (Fsp3) is 1.00. The zero-order valence-electron chi connectivity index (χ0n) is 13.0. The molecule has 0 N–H and O–H groups in total. The highest BCUT2D eigenvalue weighted by Gasteiger charge is 2.44. The van der Waals surface area contributed by atoms with Gasteiger partial charge in [0.15, 0.2) is 5.79 Å². The number of likely N-dealkylation sites (N-methyl/N-ethyl adjacent to an activating group) is 1. The van der Waals surface area contributed by atoms with E-state index in [-0.39, 0.29) is 11.9 Å². The predicted molar refractivity (Wildman–Crippen MR) is 78.2 cm³/mol. The van der Waals surface area contributed by atoms with Gasteiger partial charge in [-0.2, -0.15) is 0 Å². The van der Waals surface area contributed by atoms with Gasteiger partial charge in [0.1, 0.15) is 0 Å². The Morgan fingerprint density at radius 2 is 1.95 bits per heavy atom. The Balaban J connectivity index is 1.74. The quantitative estimate of drug-likeness (QED) is 0.737. The minimum Gasteiger partial charge on any atom is -0.347 e. The van der Waals surface area contributed by atoms with Crippen molar-refractivity contribution in [2.24, 2.45) is 5.92 Å². The van der Waals surface area contributed by atoms with Crippen LogP contribution in [0.25, 0.3) is 0 Å². The Morgan fingerprint density at radius 1 is 1.21 bits per heavy atom.